The highest BCUT2D eigenvalue weighted by atomic mass is 16.4. The predicted molar refractivity (Wildman–Crippen MR) is 66.5 cm³/mol. The van der Waals surface area contributed by atoms with Crippen molar-refractivity contribution >= 4 is 11.9 Å². The maximum absolute atomic E-state index is 11.7. The Labute approximate surface area is 103 Å². The molecule has 0 saturated carbocycles. The molecule has 0 aromatic carbocycles. The van der Waals surface area contributed by atoms with Crippen LogP contribution in [0.2, 0.25) is 0 Å². The lowest BCUT2D eigenvalue weighted by Gasteiger charge is -2.29. The molecule has 4 N–H and O–H groups in total. The van der Waals surface area contributed by atoms with E-state index in [0.717, 1.165) is 0 Å². The van der Waals surface area contributed by atoms with Gasteiger partial charge in [-0.3, -0.25) is 4.79 Å². The van der Waals surface area contributed by atoms with Crippen LogP contribution in [-0.2, 0) is 9.59 Å². The van der Waals surface area contributed by atoms with Gasteiger partial charge in [-0.15, -0.1) is 0 Å². The Bertz CT molecular complexity index is 282. The fraction of sp³-hybridized carbons (Fsp3) is 0.833. The third kappa shape index (κ3) is 5.68. The molecule has 0 aromatic rings. The molecule has 0 aliphatic heterocycles. The summed E-state index contributed by atoms with van der Waals surface area (Å²) in [6, 6.07) is -1.58. The van der Waals surface area contributed by atoms with E-state index in [1.807, 2.05) is 13.8 Å². The monoisotopic (exact) mass is 244 g/mol. The van der Waals surface area contributed by atoms with E-state index in [0.29, 0.717) is 12.3 Å². The second-order valence-electron chi connectivity index (χ2n) is 5.88. The third-order valence-electron chi connectivity index (χ3n) is 2.46. The van der Waals surface area contributed by atoms with Crippen LogP contribution in [0.3, 0.4) is 0 Å². The van der Waals surface area contributed by atoms with Crippen molar-refractivity contribution in [3.63, 3.8) is 0 Å². The molecule has 5 nitrogen and oxygen atoms in total. The van der Waals surface area contributed by atoms with Crippen molar-refractivity contribution < 1.29 is 14.7 Å². The van der Waals surface area contributed by atoms with Gasteiger partial charge in [-0.1, -0.05) is 34.6 Å². The number of carbonyl (C=O) groups is 2. The van der Waals surface area contributed by atoms with Gasteiger partial charge in [-0.2, -0.15) is 0 Å². The Kier molecular flexibility index (Phi) is 5.61. The zero-order valence-electron chi connectivity index (χ0n) is 11.3. The number of hydrogen-bond donors (Lipinski definition) is 3. The Morgan fingerprint density at radius 3 is 2.06 bits per heavy atom. The van der Waals surface area contributed by atoms with Crippen LogP contribution < -0.4 is 11.1 Å². The van der Waals surface area contributed by atoms with Crippen LogP contribution in [0.5, 0.6) is 0 Å². The van der Waals surface area contributed by atoms with Crippen LogP contribution in [-0.4, -0.2) is 29.1 Å². The molecule has 0 radical (unpaired) electrons. The molecule has 0 heterocycles. The molecular weight excluding hydrogens is 220 g/mol. The van der Waals surface area contributed by atoms with E-state index in [9.17, 15) is 9.59 Å². The number of nitrogens with one attached hydrogen (secondary N) is 1. The van der Waals surface area contributed by atoms with Crippen LogP contribution in [0.15, 0.2) is 0 Å². The Morgan fingerprint density at radius 2 is 1.76 bits per heavy atom. The second kappa shape index (κ2) is 6.00. The van der Waals surface area contributed by atoms with Crippen molar-refractivity contribution in [1.29, 1.82) is 0 Å². The highest BCUT2D eigenvalue weighted by Gasteiger charge is 2.33. The van der Waals surface area contributed by atoms with E-state index >= 15 is 0 Å². The number of nitrogens with two attached hydrogens (primary N) is 1. The van der Waals surface area contributed by atoms with Crippen molar-refractivity contribution in [2.24, 2.45) is 17.1 Å². The van der Waals surface area contributed by atoms with Crippen molar-refractivity contribution in [2.45, 2.75) is 53.1 Å². The summed E-state index contributed by atoms with van der Waals surface area (Å²) in [5, 5.41) is 11.6. The number of hydrogen-bond acceptors (Lipinski definition) is 3. The number of rotatable bonds is 5. The first-order chi connectivity index (χ1) is 7.55. The van der Waals surface area contributed by atoms with E-state index in [-0.39, 0.29) is 0 Å². The average molecular weight is 244 g/mol. The first-order valence-corrected chi connectivity index (χ1v) is 5.84. The van der Waals surface area contributed by atoms with Gasteiger partial charge in [-0.05, 0) is 17.8 Å². The number of carboxylic acid groups (broad SMARTS) is 1. The summed E-state index contributed by atoms with van der Waals surface area (Å²) in [6.07, 6.45) is 0.544. The lowest BCUT2D eigenvalue weighted by Crippen LogP contribution is -2.53. The first kappa shape index (κ1) is 15.9. The van der Waals surface area contributed by atoms with Crippen molar-refractivity contribution in [2.75, 3.05) is 0 Å². The Morgan fingerprint density at radius 1 is 1.29 bits per heavy atom. The lowest BCUT2D eigenvalue weighted by atomic mass is 9.86. The molecule has 17 heavy (non-hydrogen) atoms. The largest absolute Gasteiger partial charge is 0.480 e. The predicted octanol–water partition coefficient (Wildman–Crippen LogP) is 0.975. The third-order valence-corrected chi connectivity index (χ3v) is 2.46. The van der Waals surface area contributed by atoms with Crippen LogP contribution in [0.25, 0.3) is 0 Å². The minimum Gasteiger partial charge on any atom is -0.480 e. The fourth-order valence-electron chi connectivity index (χ4n) is 1.51. The van der Waals surface area contributed by atoms with E-state index < -0.39 is 29.4 Å². The fourth-order valence-corrected chi connectivity index (χ4v) is 1.51. The van der Waals surface area contributed by atoms with Gasteiger partial charge in [-0.25, -0.2) is 4.79 Å². The van der Waals surface area contributed by atoms with Crippen LogP contribution in [0.4, 0.5) is 0 Å². The molecule has 0 saturated heterocycles. The Balaban J connectivity index is 4.58. The minimum absolute atomic E-state index is 0.300. The number of amides is 1. The van der Waals surface area contributed by atoms with E-state index in [1.54, 1.807) is 20.8 Å². The molecule has 100 valence electrons. The summed E-state index contributed by atoms with van der Waals surface area (Å²) in [7, 11) is 0. The van der Waals surface area contributed by atoms with Crippen LogP contribution >= 0.6 is 0 Å². The van der Waals surface area contributed by atoms with Crippen molar-refractivity contribution in [3.05, 3.63) is 0 Å². The maximum atomic E-state index is 11.7. The van der Waals surface area contributed by atoms with E-state index in [4.69, 9.17) is 10.8 Å². The highest BCUT2D eigenvalue weighted by molar-refractivity contribution is 5.87. The molecule has 2 unspecified atom stereocenters. The van der Waals surface area contributed by atoms with Crippen molar-refractivity contribution in [1.82, 2.24) is 5.32 Å². The van der Waals surface area contributed by atoms with Gasteiger partial charge < -0.3 is 16.2 Å². The van der Waals surface area contributed by atoms with Gasteiger partial charge in [0.05, 0.1) is 6.04 Å². The number of carboxylic acids is 1. The lowest BCUT2D eigenvalue weighted by molar-refractivity contribution is -0.145. The molecular formula is C12H24N2O3. The van der Waals surface area contributed by atoms with Gasteiger partial charge in [0.15, 0.2) is 0 Å². The molecule has 0 aliphatic rings. The molecule has 5 heteroatoms. The second-order valence-corrected chi connectivity index (χ2v) is 5.88. The van der Waals surface area contributed by atoms with Crippen LogP contribution in [0, 0.1) is 11.3 Å². The molecule has 0 bridgehead atoms. The SMILES string of the molecule is CC(C)CC(N)C(=O)NC(C(=O)O)C(C)(C)C. The minimum atomic E-state index is -1.04. The van der Waals surface area contributed by atoms with Gasteiger partial charge in [0.25, 0.3) is 0 Å². The summed E-state index contributed by atoms with van der Waals surface area (Å²) >= 11 is 0. The summed E-state index contributed by atoms with van der Waals surface area (Å²) in [5.41, 5.74) is 5.16. The summed E-state index contributed by atoms with van der Waals surface area (Å²) in [5.74, 6) is -1.14. The standard InChI is InChI=1S/C12H24N2O3/c1-7(2)6-8(13)10(15)14-9(11(16)17)12(3,4)5/h7-9H,6,13H2,1-5H3,(H,14,15)(H,16,17). The molecule has 1 amide bonds. The van der Waals surface area contributed by atoms with Crippen molar-refractivity contribution in [3.8, 4) is 0 Å². The summed E-state index contributed by atoms with van der Waals surface area (Å²) in [6.45, 7) is 9.22. The van der Waals surface area contributed by atoms with Gasteiger partial charge >= 0.3 is 5.97 Å². The Hall–Kier alpha value is -1.10. The van der Waals surface area contributed by atoms with E-state index in [2.05, 4.69) is 5.32 Å². The van der Waals surface area contributed by atoms with Crippen LogP contribution in [0.1, 0.15) is 41.0 Å². The first-order valence-electron chi connectivity index (χ1n) is 5.84. The molecule has 0 aromatic heterocycles. The maximum Gasteiger partial charge on any atom is 0.326 e. The number of carbonyl (C=O) groups excluding carboxylic acids is 1. The normalized spacial score (nSPS) is 15.5. The van der Waals surface area contributed by atoms with Gasteiger partial charge in [0.1, 0.15) is 6.04 Å². The van der Waals surface area contributed by atoms with Gasteiger partial charge in [0, 0.05) is 0 Å². The smallest absolute Gasteiger partial charge is 0.326 e. The van der Waals surface area contributed by atoms with E-state index in [1.165, 1.54) is 0 Å². The van der Waals surface area contributed by atoms with Gasteiger partial charge in [0.2, 0.25) is 5.91 Å². The molecule has 0 aliphatic carbocycles. The summed E-state index contributed by atoms with van der Waals surface area (Å²) < 4.78 is 0. The average Bonchev–Trinajstić information content (AvgIpc) is 2.09. The highest BCUT2D eigenvalue weighted by Crippen LogP contribution is 2.19. The molecule has 0 fully saturated rings. The summed E-state index contributed by atoms with van der Waals surface area (Å²) in [4.78, 5) is 22.8. The zero-order chi connectivity index (χ0) is 13.8. The number of aliphatic carboxylic acids is 1. The molecule has 0 rings (SSSR count). The zero-order valence-corrected chi connectivity index (χ0v) is 11.3. The molecule has 2 atom stereocenters. The topological polar surface area (TPSA) is 92.4 Å². The molecule has 0 spiro atoms. The quantitative estimate of drug-likeness (QED) is 0.672.